The number of hydrogen-bond donors (Lipinski definition) is 1. The van der Waals surface area contributed by atoms with Crippen LogP contribution in [0.1, 0.15) is 37.1 Å². The van der Waals surface area contributed by atoms with Gasteiger partial charge < -0.3 is 19.8 Å². The molecule has 1 aromatic heterocycles. The first kappa shape index (κ1) is 18.8. The van der Waals surface area contributed by atoms with Gasteiger partial charge in [0, 0.05) is 13.1 Å². The van der Waals surface area contributed by atoms with Crippen molar-refractivity contribution in [2.75, 3.05) is 19.7 Å². The molecule has 0 saturated carbocycles. The van der Waals surface area contributed by atoms with Crippen molar-refractivity contribution in [3.8, 4) is 0 Å². The Morgan fingerprint density at radius 3 is 2.55 bits per heavy atom. The molecule has 1 heterocycles. The third-order valence-electron chi connectivity index (χ3n) is 2.62. The highest BCUT2D eigenvalue weighted by Gasteiger charge is 2.11. The highest BCUT2D eigenvalue weighted by atomic mass is 127. The number of rotatable bonds is 6. The molecule has 0 aromatic carbocycles. The molecule has 0 fully saturated rings. The van der Waals surface area contributed by atoms with E-state index in [1.807, 2.05) is 18.7 Å². The van der Waals surface area contributed by atoms with E-state index in [4.69, 9.17) is 14.9 Å². The molecule has 20 heavy (non-hydrogen) atoms. The van der Waals surface area contributed by atoms with Crippen LogP contribution >= 0.6 is 24.0 Å². The van der Waals surface area contributed by atoms with Gasteiger partial charge in [-0.1, -0.05) is 0 Å². The Kier molecular flexibility index (Phi) is 9.02. The zero-order valence-corrected chi connectivity index (χ0v) is 14.4. The number of carbonyl (C=O) groups excluding carboxylic acids is 1. The van der Waals surface area contributed by atoms with Gasteiger partial charge in [0.1, 0.15) is 12.3 Å². The SMILES string of the molecule is CCOC(=O)c1ccc(CN=C(N)N(CC)CC)o1.I. The predicted octanol–water partition coefficient (Wildman–Crippen LogP) is 2.23. The number of nitrogens with two attached hydrogens (primary N) is 1. The van der Waals surface area contributed by atoms with Crippen LogP contribution in [0.15, 0.2) is 21.5 Å². The summed E-state index contributed by atoms with van der Waals surface area (Å²) in [5.41, 5.74) is 5.84. The maximum atomic E-state index is 11.4. The van der Waals surface area contributed by atoms with Crippen LogP contribution in [0, 0.1) is 0 Å². The first-order valence-corrected chi connectivity index (χ1v) is 6.43. The molecule has 0 aliphatic carbocycles. The molecule has 0 spiro atoms. The van der Waals surface area contributed by atoms with Crippen molar-refractivity contribution in [3.63, 3.8) is 0 Å². The van der Waals surface area contributed by atoms with Gasteiger partial charge in [0.15, 0.2) is 5.96 Å². The Labute approximate surface area is 136 Å². The van der Waals surface area contributed by atoms with E-state index in [1.165, 1.54) is 0 Å². The fourth-order valence-corrected chi connectivity index (χ4v) is 1.58. The molecule has 0 saturated heterocycles. The quantitative estimate of drug-likeness (QED) is 0.346. The smallest absolute Gasteiger partial charge is 0.374 e. The fourth-order valence-electron chi connectivity index (χ4n) is 1.58. The Hall–Kier alpha value is -1.25. The summed E-state index contributed by atoms with van der Waals surface area (Å²) in [7, 11) is 0. The van der Waals surface area contributed by atoms with Crippen molar-refractivity contribution in [2.45, 2.75) is 27.3 Å². The average Bonchev–Trinajstić information content (AvgIpc) is 2.87. The van der Waals surface area contributed by atoms with E-state index in [0.717, 1.165) is 13.1 Å². The monoisotopic (exact) mass is 395 g/mol. The zero-order chi connectivity index (χ0) is 14.3. The van der Waals surface area contributed by atoms with Gasteiger partial charge >= 0.3 is 5.97 Å². The first-order chi connectivity index (χ1) is 9.12. The Balaban J connectivity index is 0.00000361. The highest BCUT2D eigenvalue weighted by molar-refractivity contribution is 14.0. The van der Waals surface area contributed by atoms with Crippen LogP contribution in [0.2, 0.25) is 0 Å². The molecule has 0 atom stereocenters. The molecular formula is C13H22IN3O3. The van der Waals surface area contributed by atoms with Gasteiger partial charge in [-0.2, -0.15) is 0 Å². The molecule has 0 aliphatic heterocycles. The van der Waals surface area contributed by atoms with E-state index in [-0.39, 0.29) is 29.7 Å². The number of halogens is 1. The molecule has 0 unspecified atom stereocenters. The third kappa shape index (κ3) is 5.40. The average molecular weight is 395 g/mol. The van der Waals surface area contributed by atoms with E-state index < -0.39 is 5.97 Å². The molecule has 114 valence electrons. The number of esters is 1. The van der Waals surface area contributed by atoms with Crippen molar-refractivity contribution in [1.29, 1.82) is 0 Å². The van der Waals surface area contributed by atoms with Gasteiger partial charge in [0.05, 0.1) is 6.61 Å². The molecule has 0 amide bonds. The number of guanidine groups is 1. The molecule has 1 aromatic rings. The summed E-state index contributed by atoms with van der Waals surface area (Å²) in [6.07, 6.45) is 0. The minimum atomic E-state index is -0.463. The van der Waals surface area contributed by atoms with E-state index in [1.54, 1.807) is 19.1 Å². The Morgan fingerprint density at radius 1 is 1.35 bits per heavy atom. The molecule has 2 N–H and O–H groups in total. The lowest BCUT2D eigenvalue weighted by Crippen LogP contribution is -2.36. The molecule has 0 bridgehead atoms. The number of ether oxygens (including phenoxy) is 1. The third-order valence-corrected chi connectivity index (χ3v) is 2.62. The summed E-state index contributed by atoms with van der Waals surface area (Å²) in [6.45, 7) is 8.01. The topological polar surface area (TPSA) is 81.1 Å². The van der Waals surface area contributed by atoms with Crippen molar-refractivity contribution in [3.05, 3.63) is 23.7 Å². The molecular weight excluding hydrogens is 373 g/mol. The van der Waals surface area contributed by atoms with Crippen LogP contribution < -0.4 is 5.73 Å². The molecule has 6 nitrogen and oxygen atoms in total. The normalized spacial score (nSPS) is 10.8. The van der Waals surface area contributed by atoms with Gasteiger partial charge in [0.2, 0.25) is 5.76 Å². The van der Waals surface area contributed by atoms with Crippen LogP contribution in [-0.4, -0.2) is 36.5 Å². The predicted molar refractivity (Wildman–Crippen MR) is 88.3 cm³/mol. The van der Waals surface area contributed by atoms with E-state index in [2.05, 4.69) is 4.99 Å². The lowest BCUT2D eigenvalue weighted by atomic mass is 10.4. The lowest BCUT2D eigenvalue weighted by Gasteiger charge is -2.18. The van der Waals surface area contributed by atoms with Gasteiger partial charge in [-0.15, -0.1) is 24.0 Å². The van der Waals surface area contributed by atoms with Gasteiger partial charge in [-0.25, -0.2) is 9.79 Å². The number of hydrogen-bond acceptors (Lipinski definition) is 4. The van der Waals surface area contributed by atoms with Crippen molar-refractivity contribution in [2.24, 2.45) is 10.7 Å². The van der Waals surface area contributed by atoms with Gasteiger partial charge in [-0.3, -0.25) is 0 Å². The van der Waals surface area contributed by atoms with Crippen LogP contribution in [0.4, 0.5) is 0 Å². The van der Waals surface area contributed by atoms with Crippen LogP contribution in [0.5, 0.6) is 0 Å². The van der Waals surface area contributed by atoms with Crippen LogP contribution in [-0.2, 0) is 11.3 Å². The number of aliphatic imine (C=N–C) groups is 1. The minimum Gasteiger partial charge on any atom is -0.460 e. The summed E-state index contributed by atoms with van der Waals surface area (Å²) < 4.78 is 10.2. The summed E-state index contributed by atoms with van der Waals surface area (Å²) in [5, 5.41) is 0. The Bertz CT molecular complexity index is 442. The summed E-state index contributed by atoms with van der Waals surface area (Å²) in [6, 6.07) is 3.28. The largest absolute Gasteiger partial charge is 0.460 e. The van der Waals surface area contributed by atoms with E-state index in [0.29, 0.717) is 24.9 Å². The second-order valence-electron chi connectivity index (χ2n) is 3.83. The summed E-state index contributed by atoms with van der Waals surface area (Å²) >= 11 is 0. The lowest BCUT2D eigenvalue weighted by molar-refractivity contribution is 0.0488. The van der Waals surface area contributed by atoms with Crippen LogP contribution in [0.25, 0.3) is 0 Å². The number of furan rings is 1. The number of carbonyl (C=O) groups is 1. The number of nitrogens with zero attached hydrogens (tertiary/aromatic N) is 2. The second-order valence-corrected chi connectivity index (χ2v) is 3.83. The molecule has 0 aliphatic rings. The minimum absolute atomic E-state index is 0. The standard InChI is InChI=1S/C13H21N3O3.HI/c1-4-16(5-2)13(14)15-9-10-7-8-11(19-10)12(17)18-6-3;/h7-8H,4-6,9H2,1-3H3,(H2,14,15);1H. The van der Waals surface area contributed by atoms with Crippen molar-refractivity contribution >= 4 is 35.9 Å². The highest BCUT2D eigenvalue weighted by Crippen LogP contribution is 2.10. The van der Waals surface area contributed by atoms with Gasteiger partial charge in [0.25, 0.3) is 0 Å². The van der Waals surface area contributed by atoms with Crippen LogP contribution in [0.3, 0.4) is 0 Å². The maximum absolute atomic E-state index is 11.4. The second kappa shape index (κ2) is 9.62. The first-order valence-electron chi connectivity index (χ1n) is 6.43. The van der Waals surface area contributed by atoms with Crippen molar-refractivity contribution < 1.29 is 13.9 Å². The molecule has 7 heteroatoms. The van der Waals surface area contributed by atoms with E-state index >= 15 is 0 Å². The maximum Gasteiger partial charge on any atom is 0.374 e. The Morgan fingerprint density at radius 2 is 2.00 bits per heavy atom. The summed E-state index contributed by atoms with van der Waals surface area (Å²) in [5.74, 6) is 0.778. The molecule has 1 rings (SSSR count). The van der Waals surface area contributed by atoms with Crippen molar-refractivity contribution in [1.82, 2.24) is 4.90 Å². The zero-order valence-electron chi connectivity index (χ0n) is 12.1. The fraction of sp³-hybridized carbons (Fsp3) is 0.538. The van der Waals surface area contributed by atoms with Gasteiger partial charge in [-0.05, 0) is 32.9 Å². The summed E-state index contributed by atoms with van der Waals surface area (Å²) in [4.78, 5) is 17.6. The van der Waals surface area contributed by atoms with E-state index in [9.17, 15) is 4.79 Å². The molecule has 0 radical (unpaired) electrons.